The first-order valence-corrected chi connectivity index (χ1v) is 13.4. The van der Waals surface area contributed by atoms with Crippen LogP contribution in [0.5, 0.6) is 0 Å². The van der Waals surface area contributed by atoms with Crippen LogP contribution in [0.3, 0.4) is 0 Å². The highest BCUT2D eigenvalue weighted by Gasteiger charge is 2.28. The van der Waals surface area contributed by atoms with Crippen LogP contribution < -0.4 is 10.9 Å². The summed E-state index contributed by atoms with van der Waals surface area (Å²) in [5.41, 5.74) is 5.33. The van der Waals surface area contributed by atoms with Crippen LogP contribution >= 0.6 is 11.6 Å². The van der Waals surface area contributed by atoms with E-state index in [1.807, 2.05) is 30.3 Å². The molecule has 0 radical (unpaired) electrons. The van der Waals surface area contributed by atoms with Gasteiger partial charge < -0.3 is 19.0 Å². The van der Waals surface area contributed by atoms with Crippen LogP contribution in [0.1, 0.15) is 24.0 Å². The van der Waals surface area contributed by atoms with E-state index < -0.39 is 6.09 Å². The van der Waals surface area contributed by atoms with E-state index in [2.05, 4.69) is 30.8 Å². The molecule has 13 heteroatoms. The number of pyridine rings is 1. The molecule has 41 heavy (non-hydrogen) atoms. The van der Waals surface area contributed by atoms with Crippen LogP contribution in [-0.4, -0.2) is 60.2 Å². The summed E-state index contributed by atoms with van der Waals surface area (Å²) in [5.74, 6) is 0.708. The molecule has 2 aromatic carbocycles. The Bertz CT molecular complexity index is 1790. The van der Waals surface area contributed by atoms with Gasteiger partial charge in [0.1, 0.15) is 12.2 Å². The second-order valence-corrected chi connectivity index (χ2v) is 10.3. The van der Waals surface area contributed by atoms with E-state index in [4.69, 9.17) is 21.1 Å². The second-order valence-electron chi connectivity index (χ2n) is 9.86. The number of carbonyl (C=O) groups is 1. The van der Waals surface area contributed by atoms with Gasteiger partial charge in [-0.3, -0.25) is 10.1 Å². The normalized spacial score (nSPS) is 16.3. The average molecular weight is 571 g/mol. The summed E-state index contributed by atoms with van der Waals surface area (Å²) in [4.78, 5) is 33.4. The minimum absolute atomic E-state index is 0.128. The number of amides is 1. The highest BCUT2D eigenvalue weighted by atomic mass is 35.5. The van der Waals surface area contributed by atoms with E-state index in [1.165, 1.54) is 6.33 Å². The lowest BCUT2D eigenvalue weighted by Gasteiger charge is -2.25. The van der Waals surface area contributed by atoms with Gasteiger partial charge in [0.15, 0.2) is 6.10 Å². The molecule has 2 aliphatic heterocycles. The number of rotatable bonds is 6. The molecule has 5 aromatic rings. The van der Waals surface area contributed by atoms with Crippen LogP contribution in [0.15, 0.2) is 71.9 Å². The smallest absolute Gasteiger partial charge is 0.412 e. The van der Waals surface area contributed by atoms with Crippen LogP contribution in [0.4, 0.5) is 10.5 Å². The maximum atomic E-state index is 13.5. The molecule has 1 saturated heterocycles. The second kappa shape index (κ2) is 10.3. The zero-order valence-corrected chi connectivity index (χ0v) is 22.3. The Labute approximate surface area is 237 Å². The molecule has 2 aliphatic rings. The molecule has 12 nitrogen and oxygen atoms in total. The summed E-state index contributed by atoms with van der Waals surface area (Å²) in [6.07, 6.45) is 4.01. The lowest BCUT2D eigenvalue weighted by atomic mass is 10.0. The van der Waals surface area contributed by atoms with Crippen molar-refractivity contribution in [1.82, 2.24) is 34.7 Å². The van der Waals surface area contributed by atoms with E-state index in [0.29, 0.717) is 36.2 Å². The minimum Gasteiger partial charge on any atom is -0.441 e. The topological polar surface area (TPSA) is 142 Å². The van der Waals surface area contributed by atoms with Gasteiger partial charge in [-0.05, 0) is 70.8 Å². The molecule has 5 heterocycles. The largest absolute Gasteiger partial charge is 0.441 e. The van der Waals surface area contributed by atoms with Gasteiger partial charge >= 0.3 is 6.09 Å². The van der Waals surface area contributed by atoms with Gasteiger partial charge in [0, 0.05) is 28.0 Å². The summed E-state index contributed by atoms with van der Waals surface area (Å²) >= 11 is 6.31. The van der Waals surface area contributed by atoms with Gasteiger partial charge in [-0.15, -0.1) is 5.10 Å². The van der Waals surface area contributed by atoms with Gasteiger partial charge in [-0.1, -0.05) is 23.7 Å². The first kappa shape index (κ1) is 25.2. The summed E-state index contributed by atoms with van der Waals surface area (Å²) in [6.45, 7) is 0.857. The monoisotopic (exact) mass is 570 g/mol. The lowest BCUT2D eigenvalue weighted by Crippen LogP contribution is -2.38. The molecule has 0 aliphatic carbocycles. The number of aromatic nitrogens is 7. The molecule has 0 unspecified atom stereocenters. The Morgan fingerprint density at radius 2 is 1.95 bits per heavy atom. The number of nitrogens with one attached hydrogen (secondary N) is 2. The number of H-pyrrole nitrogens is 1. The van der Waals surface area contributed by atoms with Gasteiger partial charge in [0.05, 0.1) is 36.8 Å². The molecule has 3 aromatic heterocycles. The van der Waals surface area contributed by atoms with Crippen molar-refractivity contribution in [3.05, 3.63) is 94.0 Å². The van der Waals surface area contributed by atoms with Crippen molar-refractivity contribution in [1.29, 1.82) is 0 Å². The van der Waals surface area contributed by atoms with Crippen molar-refractivity contribution in [2.45, 2.75) is 25.0 Å². The van der Waals surface area contributed by atoms with Crippen molar-refractivity contribution in [2.75, 3.05) is 18.5 Å². The number of aryl methyl sites for hydroxylation is 1. The molecule has 2 N–H and O–H groups in total. The van der Waals surface area contributed by atoms with Gasteiger partial charge in [0.25, 0.3) is 5.56 Å². The van der Waals surface area contributed by atoms with E-state index in [-0.39, 0.29) is 17.7 Å². The number of nitrogens with zero attached hydrogens (tertiary/aromatic N) is 6. The van der Waals surface area contributed by atoms with Crippen molar-refractivity contribution >= 4 is 23.4 Å². The zero-order valence-electron chi connectivity index (χ0n) is 21.5. The summed E-state index contributed by atoms with van der Waals surface area (Å²) in [5, 5.41) is 14.7. The number of tetrazole rings is 1. The van der Waals surface area contributed by atoms with Crippen LogP contribution in [0, 0.1) is 0 Å². The third-order valence-corrected chi connectivity index (χ3v) is 7.47. The van der Waals surface area contributed by atoms with Gasteiger partial charge in [-0.25, -0.2) is 9.78 Å². The van der Waals surface area contributed by atoms with Crippen molar-refractivity contribution in [3.63, 3.8) is 0 Å². The summed E-state index contributed by atoms with van der Waals surface area (Å²) < 4.78 is 13.6. The van der Waals surface area contributed by atoms with E-state index in [9.17, 15) is 9.59 Å². The maximum Gasteiger partial charge on any atom is 0.412 e. The predicted octanol–water partition coefficient (Wildman–Crippen LogP) is 4.02. The Morgan fingerprint density at radius 3 is 2.71 bits per heavy atom. The highest BCUT2D eigenvalue weighted by molar-refractivity contribution is 6.31. The highest BCUT2D eigenvalue weighted by Crippen LogP contribution is 2.34. The molecule has 1 atom stereocenters. The fraction of sp³-hybridized carbons (Fsp3) is 0.214. The number of carbonyl (C=O) groups excluding carboxylic acids is 1. The molecule has 206 valence electrons. The number of fused-ring (bicyclic) bond motifs is 1. The Kier molecular flexibility index (Phi) is 6.33. The number of hydrogen-bond donors (Lipinski definition) is 2. The van der Waals surface area contributed by atoms with Crippen molar-refractivity contribution in [3.8, 4) is 28.1 Å². The number of ether oxygens (including phenoxy) is 2. The third-order valence-electron chi connectivity index (χ3n) is 7.23. The van der Waals surface area contributed by atoms with E-state index in [0.717, 1.165) is 40.2 Å². The van der Waals surface area contributed by atoms with Gasteiger partial charge in [-0.2, -0.15) is 4.68 Å². The number of aromatic amines is 1. The Morgan fingerprint density at radius 1 is 1.10 bits per heavy atom. The third kappa shape index (κ3) is 4.87. The number of hydrogen-bond acceptors (Lipinski definition) is 8. The van der Waals surface area contributed by atoms with Crippen LogP contribution in [-0.2, 0) is 15.9 Å². The van der Waals surface area contributed by atoms with Crippen LogP contribution in [0.2, 0.25) is 5.02 Å². The SMILES string of the molecule is O=C(Nc1ccc(-c2cnc([C@@H]3CCc4cc(-c5cc(Cl)ccc5-n5cnnn5)cc(=O)n43)[nH]2)cc1)OC1COC1. The summed E-state index contributed by atoms with van der Waals surface area (Å²) in [7, 11) is 0. The molecule has 0 spiro atoms. The fourth-order valence-electron chi connectivity index (χ4n) is 5.19. The fourth-order valence-corrected chi connectivity index (χ4v) is 5.36. The van der Waals surface area contributed by atoms with Crippen molar-refractivity contribution < 1.29 is 14.3 Å². The van der Waals surface area contributed by atoms with Crippen LogP contribution in [0.25, 0.3) is 28.1 Å². The number of benzene rings is 2. The lowest BCUT2D eigenvalue weighted by molar-refractivity contribution is -0.0951. The zero-order chi connectivity index (χ0) is 27.9. The molecular formula is C28H23ClN8O4. The molecule has 7 rings (SSSR count). The first-order chi connectivity index (χ1) is 20.0. The first-order valence-electron chi connectivity index (χ1n) is 13.0. The molecule has 0 bridgehead atoms. The van der Waals surface area contributed by atoms with E-state index in [1.54, 1.807) is 39.7 Å². The maximum absolute atomic E-state index is 13.5. The van der Waals surface area contributed by atoms with Crippen molar-refractivity contribution in [2.24, 2.45) is 0 Å². The minimum atomic E-state index is -0.509. The number of anilines is 1. The van der Waals surface area contributed by atoms with E-state index >= 15 is 0 Å². The molecular weight excluding hydrogens is 548 g/mol. The molecule has 0 saturated carbocycles. The standard InChI is InChI=1S/C28H23ClN8O4/c29-18-3-7-24(36-15-31-34-35-36)22(11-18)17-9-20-6-8-25(37(20)26(38)10-17)27-30-12-23(33-27)16-1-4-19(5-2-16)32-28(39)41-21-13-40-14-21/h1-5,7,9-12,15,21,25H,6,8,13-14H2,(H,30,33)(H,32,39)/t25-/m0/s1. The van der Waals surface area contributed by atoms with Gasteiger partial charge in [0.2, 0.25) is 0 Å². The summed E-state index contributed by atoms with van der Waals surface area (Å²) in [6, 6.07) is 16.2. The number of halogens is 1. The average Bonchev–Trinajstić information content (AvgIpc) is 3.72. The Balaban J connectivity index is 1.12. The quantitative estimate of drug-likeness (QED) is 0.312. The number of imidazole rings is 1. The molecule has 1 fully saturated rings. The molecule has 1 amide bonds. The predicted molar refractivity (Wildman–Crippen MR) is 149 cm³/mol. The Hall–Kier alpha value is -4.81.